The minimum absolute atomic E-state index is 0.0173. The van der Waals surface area contributed by atoms with E-state index in [1.165, 1.54) is 0 Å². The summed E-state index contributed by atoms with van der Waals surface area (Å²) in [5.41, 5.74) is 5.45. The van der Waals surface area contributed by atoms with E-state index in [-0.39, 0.29) is 12.3 Å². The summed E-state index contributed by atoms with van der Waals surface area (Å²) >= 11 is 0. The van der Waals surface area contributed by atoms with E-state index in [9.17, 15) is 24.0 Å². The van der Waals surface area contributed by atoms with Crippen LogP contribution in [-0.4, -0.2) is 76.3 Å². The van der Waals surface area contributed by atoms with Crippen LogP contribution in [0.2, 0.25) is 0 Å². The van der Waals surface area contributed by atoms with E-state index in [1.807, 2.05) is 5.32 Å². The number of carboxylic acids is 2. The van der Waals surface area contributed by atoms with Gasteiger partial charge in [-0.15, -0.1) is 0 Å². The van der Waals surface area contributed by atoms with Crippen LogP contribution in [0.4, 0.5) is 0 Å². The van der Waals surface area contributed by atoms with Crippen LogP contribution < -0.4 is 21.7 Å². The van der Waals surface area contributed by atoms with E-state index in [4.69, 9.17) is 21.1 Å². The first-order chi connectivity index (χ1) is 12.5. The van der Waals surface area contributed by atoms with Gasteiger partial charge in [0.15, 0.2) is 0 Å². The predicted molar refractivity (Wildman–Crippen MR) is 91.3 cm³/mol. The average molecular weight is 390 g/mol. The molecule has 0 aliphatic carbocycles. The number of hydrogen-bond acceptors (Lipinski definition) is 7. The summed E-state index contributed by atoms with van der Waals surface area (Å²) in [6, 6.07) is -3.90. The van der Waals surface area contributed by atoms with Crippen molar-refractivity contribution in [1.29, 1.82) is 0 Å². The maximum absolute atomic E-state index is 12.2. The molecule has 3 amide bonds. The van der Waals surface area contributed by atoms with Gasteiger partial charge >= 0.3 is 11.9 Å². The van der Waals surface area contributed by atoms with Crippen LogP contribution in [0.15, 0.2) is 0 Å². The SMILES string of the molecule is CC(C)CC(NC(=O)C(N)CC(=O)O)C(=O)NCC(=O)NC(CO)C(=O)O. The van der Waals surface area contributed by atoms with Gasteiger partial charge in [-0.1, -0.05) is 13.8 Å². The first-order valence-electron chi connectivity index (χ1n) is 8.16. The smallest absolute Gasteiger partial charge is 0.328 e. The fourth-order valence-corrected chi connectivity index (χ4v) is 1.98. The van der Waals surface area contributed by atoms with Gasteiger partial charge in [-0.25, -0.2) is 4.79 Å². The number of carbonyl (C=O) groups is 5. The number of carboxylic acid groups (broad SMARTS) is 2. The van der Waals surface area contributed by atoms with Crippen molar-refractivity contribution in [3.05, 3.63) is 0 Å². The van der Waals surface area contributed by atoms with Crippen molar-refractivity contribution in [2.45, 2.75) is 44.8 Å². The molecule has 0 saturated heterocycles. The zero-order valence-corrected chi connectivity index (χ0v) is 15.1. The van der Waals surface area contributed by atoms with Gasteiger partial charge in [0, 0.05) is 0 Å². The monoisotopic (exact) mass is 390 g/mol. The third-order valence-electron chi connectivity index (χ3n) is 3.31. The Hall–Kier alpha value is -2.73. The van der Waals surface area contributed by atoms with Gasteiger partial charge in [0.05, 0.1) is 25.6 Å². The molecule has 0 fully saturated rings. The van der Waals surface area contributed by atoms with Gasteiger partial charge < -0.3 is 37.0 Å². The number of hydrogen-bond donors (Lipinski definition) is 7. The number of amides is 3. The Morgan fingerprint density at radius 1 is 0.963 bits per heavy atom. The minimum Gasteiger partial charge on any atom is -0.481 e. The van der Waals surface area contributed by atoms with Gasteiger partial charge in [0.25, 0.3) is 0 Å². The van der Waals surface area contributed by atoms with Crippen molar-refractivity contribution in [2.24, 2.45) is 11.7 Å². The quantitative estimate of drug-likeness (QED) is 0.181. The highest BCUT2D eigenvalue weighted by molar-refractivity contribution is 5.93. The summed E-state index contributed by atoms with van der Waals surface area (Å²) in [7, 11) is 0. The highest BCUT2D eigenvalue weighted by Gasteiger charge is 2.26. The van der Waals surface area contributed by atoms with Crippen molar-refractivity contribution in [3.63, 3.8) is 0 Å². The largest absolute Gasteiger partial charge is 0.481 e. The summed E-state index contributed by atoms with van der Waals surface area (Å²) < 4.78 is 0. The third kappa shape index (κ3) is 10.1. The molecule has 12 heteroatoms. The molecule has 0 bridgehead atoms. The van der Waals surface area contributed by atoms with E-state index >= 15 is 0 Å². The topological polar surface area (TPSA) is 208 Å². The molecule has 0 aromatic heterocycles. The Balaban J connectivity index is 4.78. The molecular weight excluding hydrogens is 364 g/mol. The number of aliphatic hydroxyl groups is 1. The molecule has 0 heterocycles. The summed E-state index contributed by atoms with van der Waals surface area (Å²) in [5, 5.41) is 32.8. The Morgan fingerprint density at radius 3 is 2.00 bits per heavy atom. The molecule has 154 valence electrons. The molecule has 0 spiro atoms. The summed E-state index contributed by atoms with van der Waals surface area (Å²) in [4.78, 5) is 57.1. The number of rotatable bonds is 12. The average Bonchev–Trinajstić information content (AvgIpc) is 2.55. The normalized spacial score (nSPS) is 14.0. The van der Waals surface area contributed by atoms with Crippen LogP contribution in [0.25, 0.3) is 0 Å². The molecule has 27 heavy (non-hydrogen) atoms. The fourth-order valence-electron chi connectivity index (χ4n) is 1.98. The van der Waals surface area contributed by atoms with Crippen LogP contribution in [0.3, 0.4) is 0 Å². The molecule has 0 aliphatic rings. The van der Waals surface area contributed by atoms with Crippen LogP contribution in [0.5, 0.6) is 0 Å². The van der Waals surface area contributed by atoms with E-state index in [0.29, 0.717) is 0 Å². The lowest BCUT2D eigenvalue weighted by Gasteiger charge is -2.22. The molecule has 0 aliphatic heterocycles. The van der Waals surface area contributed by atoms with Gasteiger partial charge in [-0.05, 0) is 12.3 Å². The minimum atomic E-state index is -1.51. The first kappa shape index (κ1) is 24.3. The standard InChI is InChI=1S/C15H26N4O8/c1-7(2)3-9(19-13(24)8(16)4-12(22)23)14(25)17-5-11(21)18-10(6-20)15(26)27/h7-10,20H,3-6,16H2,1-2H3,(H,17,25)(H,18,21)(H,19,24)(H,22,23)(H,26,27). The number of nitrogens with two attached hydrogens (primary N) is 1. The molecule has 0 aromatic rings. The molecule has 0 radical (unpaired) electrons. The number of nitrogens with one attached hydrogen (secondary N) is 3. The zero-order chi connectivity index (χ0) is 21.1. The molecule has 3 atom stereocenters. The molecule has 0 saturated carbocycles. The van der Waals surface area contributed by atoms with Gasteiger partial charge in [-0.2, -0.15) is 0 Å². The van der Waals surface area contributed by atoms with Gasteiger partial charge in [-0.3, -0.25) is 19.2 Å². The number of aliphatic hydroxyl groups excluding tert-OH is 1. The van der Waals surface area contributed by atoms with Crippen molar-refractivity contribution in [2.75, 3.05) is 13.2 Å². The predicted octanol–water partition coefficient (Wildman–Crippen LogP) is -3.00. The lowest BCUT2D eigenvalue weighted by Crippen LogP contribution is -2.54. The van der Waals surface area contributed by atoms with Crippen molar-refractivity contribution < 1.29 is 39.3 Å². The Bertz CT molecular complexity index is 566. The second kappa shape index (κ2) is 11.8. The van der Waals surface area contributed by atoms with Gasteiger partial charge in [0.2, 0.25) is 17.7 Å². The lowest BCUT2D eigenvalue weighted by atomic mass is 10.0. The Labute approximate surface area is 155 Å². The second-order valence-electron chi connectivity index (χ2n) is 6.25. The Kier molecular flexibility index (Phi) is 10.6. The molecule has 8 N–H and O–H groups in total. The second-order valence-corrected chi connectivity index (χ2v) is 6.25. The van der Waals surface area contributed by atoms with Crippen LogP contribution in [0, 0.1) is 5.92 Å². The summed E-state index contributed by atoms with van der Waals surface area (Å²) in [6.45, 7) is 2.18. The highest BCUT2D eigenvalue weighted by Crippen LogP contribution is 2.05. The fraction of sp³-hybridized carbons (Fsp3) is 0.667. The van der Waals surface area contributed by atoms with Gasteiger partial charge in [0.1, 0.15) is 12.1 Å². The molecule has 12 nitrogen and oxygen atoms in total. The molecule has 0 aromatic carbocycles. The highest BCUT2D eigenvalue weighted by atomic mass is 16.4. The number of carbonyl (C=O) groups excluding carboxylic acids is 3. The van der Waals surface area contributed by atoms with E-state index in [1.54, 1.807) is 13.8 Å². The van der Waals surface area contributed by atoms with E-state index in [0.717, 1.165) is 0 Å². The lowest BCUT2D eigenvalue weighted by molar-refractivity contribution is -0.142. The maximum atomic E-state index is 12.2. The van der Waals surface area contributed by atoms with Crippen molar-refractivity contribution >= 4 is 29.7 Å². The zero-order valence-electron chi connectivity index (χ0n) is 15.1. The molecule has 0 rings (SSSR count). The Morgan fingerprint density at radius 2 is 1.56 bits per heavy atom. The van der Waals surface area contributed by atoms with Crippen LogP contribution in [-0.2, 0) is 24.0 Å². The molecular formula is C15H26N4O8. The summed E-state index contributed by atoms with van der Waals surface area (Å²) in [5.74, 6) is -5.11. The summed E-state index contributed by atoms with van der Waals surface area (Å²) in [6.07, 6.45) is -0.407. The number of aliphatic carboxylic acids is 2. The van der Waals surface area contributed by atoms with E-state index < -0.39 is 67.4 Å². The van der Waals surface area contributed by atoms with Crippen molar-refractivity contribution in [1.82, 2.24) is 16.0 Å². The molecule has 3 unspecified atom stereocenters. The maximum Gasteiger partial charge on any atom is 0.328 e. The van der Waals surface area contributed by atoms with E-state index in [2.05, 4.69) is 10.6 Å². The van der Waals surface area contributed by atoms with Crippen molar-refractivity contribution in [3.8, 4) is 0 Å². The van der Waals surface area contributed by atoms with Crippen LogP contribution >= 0.6 is 0 Å². The first-order valence-corrected chi connectivity index (χ1v) is 8.16. The third-order valence-corrected chi connectivity index (χ3v) is 3.31. The van der Waals surface area contributed by atoms with Crippen LogP contribution in [0.1, 0.15) is 26.7 Å².